The van der Waals surface area contributed by atoms with Gasteiger partial charge in [-0.3, -0.25) is 9.79 Å². The molecule has 3 nitrogen and oxygen atoms in total. The normalized spacial score (nSPS) is 13.7. The standard InChI is InChI=1S/C28H30ClNO2/c1-20-10-14-23(15-11-20)27(30-19-21-12-16-24(29)17-13-21)25(22-8-6-5-7-9-22)18-26(31)32-28(2,3)4/h5-17,19,25,27H,18H2,1-4H3/t25-,27-/m0/s1. The molecule has 0 spiro atoms. The fourth-order valence-electron chi connectivity index (χ4n) is 3.58. The smallest absolute Gasteiger partial charge is 0.307 e. The van der Waals surface area contributed by atoms with Crippen molar-refractivity contribution in [2.75, 3.05) is 0 Å². The van der Waals surface area contributed by atoms with Crippen LogP contribution in [0.4, 0.5) is 0 Å². The van der Waals surface area contributed by atoms with E-state index in [4.69, 9.17) is 21.3 Å². The number of halogens is 1. The zero-order valence-corrected chi connectivity index (χ0v) is 19.8. The average Bonchev–Trinajstić information content (AvgIpc) is 2.75. The van der Waals surface area contributed by atoms with Crippen molar-refractivity contribution >= 4 is 23.8 Å². The maximum absolute atomic E-state index is 12.9. The fourth-order valence-corrected chi connectivity index (χ4v) is 3.70. The summed E-state index contributed by atoms with van der Waals surface area (Å²) in [5.41, 5.74) is 3.70. The molecule has 0 saturated heterocycles. The van der Waals surface area contributed by atoms with E-state index in [0.29, 0.717) is 5.02 Å². The van der Waals surface area contributed by atoms with Crippen LogP contribution in [-0.2, 0) is 9.53 Å². The number of aliphatic imine (C=N–C) groups is 1. The molecule has 2 atom stereocenters. The Bertz CT molecular complexity index is 1040. The van der Waals surface area contributed by atoms with Gasteiger partial charge in [0.25, 0.3) is 0 Å². The second-order valence-corrected chi connectivity index (χ2v) is 9.43. The summed E-state index contributed by atoms with van der Waals surface area (Å²) in [5, 5.41) is 0.685. The molecule has 0 aliphatic heterocycles. The Morgan fingerprint density at radius 1 is 0.938 bits per heavy atom. The van der Waals surface area contributed by atoms with Crippen LogP contribution < -0.4 is 0 Å². The number of nitrogens with zero attached hydrogens (tertiary/aromatic N) is 1. The third-order valence-electron chi connectivity index (χ3n) is 5.09. The highest BCUT2D eigenvalue weighted by Crippen LogP contribution is 2.37. The predicted molar refractivity (Wildman–Crippen MR) is 133 cm³/mol. The van der Waals surface area contributed by atoms with Crippen molar-refractivity contribution in [3.8, 4) is 0 Å². The number of hydrogen-bond acceptors (Lipinski definition) is 3. The molecule has 0 radical (unpaired) electrons. The maximum atomic E-state index is 12.9. The summed E-state index contributed by atoms with van der Waals surface area (Å²) in [7, 11) is 0. The van der Waals surface area contributed by atoms with Crippen molar-refractivity contribution in [2.45, 2.75) is 51.7 Å². The van der Waals surface area contributed by atoms with Gasteiger partial charge in [-0.05, 0) is 56.5 Å². The molecule has 32 heavy (non-hydrogen) atoms. The first-order valence-electron chi connectivity index (χ1n) is 10.8. The van der Waals surface area contributed by atoms with Gasteiger partial charge in [0.15, 0.2) is 0 Å². The maximum Gasteiger partial charge on any atom is 0.307 e. The van der Waals surface area contributed by atoms with E-state index in [-0.39, 0.29) is 24.3 Å². The van der Waals surface area contributed by atoms with Crippen LogP contribution >= 0.6 is 11.6 Å². The van der Waals surface area contributed by atoms with E-state index in [1.54, 1.807) is 0 Å². The molecule has 3 rings (SSSR count). The van der Waals surface area contributed by atoms with Crippen LogP contribution in [0.25, 0.3) is 0 Å². The summed E-state index contributed by atoms with van der Waals surface area (Å²) in [4.78, 5) is 17.8. The third-order valence-corrected chi connectivity index (χ3v) is 5.34. The van der Waals surface area contributed by atoms with E-state index in [1.165, 1.54) is 5.56 Å². The number of aryl methyl sites for hydroxylation is 1. The van der Waals surface area contributed by atoms with E-state index in [9.17, 15) is 4.79 Å². The van der Waals surface area contributed by atoms with Crippen LogP contribution in [0.3, 0.4) is 0 Å². The molecule has 0 bridgehead atoms. The summed E-state index contributed by atoms with van der Waals surface area (Å²) in [6.07, 6.45) is 2.09. The lowest BCUT2D eigenvalue weighted by atomic mass is 9.84. The molecule has 0 fully saturated rings. The summed E-state index contributed by atoms with van der Waals surface area (Å²) in [6.45, 7) is 7.72. The Labute approximate surface area is 196 Å². The number of carbonyl (C=O) groups excluding carboxylic acids is 1. The van der Waals surface area contributed by atoms with Crippen LogP contribution in [0.2, 0.25) is 5.02 Å². The highest BCUT2D eigenvalue weighted by molar-refractivity contribution is 6.30. The van der Waals surface area contributed by atoms with Crippen LogP contribution in [0.5, 0.6) is 0 Å². The van der Waals surface area contributed by atoms with Gasteiger partial charge in [-0.1, -0.05) is 83.9 Å². The molecular weight excluding hydrogens is 418 g/mol. The van der Waals surface area contributed by atoms with Gasteiger partial charge in [-0.25, -0.2) is 0 Å². The van der Waals surface area contributed by atoms with E-state index in [1.807, 2.05) is 81.6 Å². The van der Waals surface area contributed by atoms with Crippen LogP contribution in [0.1, 0.15) is 61.4 Å². The zero-order valence-electron chi connectivity index (χ0n) is 19.1. The molecule has 0 saturated carbocycles. The van der Waals surface area contributed by atoms with E-state index >= 15 is 0 Å². The van der Waals surface area contributed by atoms with Crippen LogP contribution in [0.15, 0.2) is 83.9 Å². The lowest BCUT2D eigenvalue weighted by molar-refractivity contribution is -0.155. The van der Waals surface area contributed by atoms with Gasteiger partial charge < -0.3 is 4.74 Å². The van der Waals surface area contributed by atoms with Crippen molar-refractivity contribution < 1.29 is 9.53 Å². The van der Waals surface area contributed by atoms with Crippen LogP contribution in [0, 0.1) is 6.92 Å². The average molecular weight is 448 g/mol. The van der Waals surface area contributed by atoms with Crippen molar-refractivity contribution in [1.29, 1.82) is 0 Å². The molecule has 0 amide bonds. The number of carbonyl (C=O) groups is 1. The third kappa shape index (κ3) is 7.06. The van der Waals surface area contributed by atoms with Gasteiger partial charge in [-0.15, -0.1) is 0 Å². The van der Waals surface area contributed by atoms with Gasteiger partial charge in [0.2, 0.25) is 0 Å². The molecule has 0 N–H and O–H groups in total. The van der Waals surface area contributed by atoms with Gasteiger partial charge in [0.1, 0.15) is 5.60 Å². The van der Waals surface area contributed by atoms with Crippen molar-refractivity contribution in [1.82, 2.24) is 0 Å². The molecule has 0 aliphatic rings. The minimum absolute atomic E-state index is 0.169. The quantitative estimate of drug-likeness (QED) is 0.281. The second kappa shape index (κ2) is 10.6. The number of esters is 1. The molecule has 3 aromatic rings. The number of rotatable bonds is 7. The Balaban J connectivity index is 2.02. The van der Waals surface area contributed by atoms with Crippen molar-refractivity contribution in [2.24, 2.45) is 4.99 Å². The predicted octanol–water partition coefficient (Wildman–Crippen LogP) is 7.32. The summed E-state index contributed by atoms with van der Waals surface area (Å²) in [5.74, 6) is -0.400. The summed E-state index contributed by atoms with van der Waals surface area (Å²) in [6, 6.07) is 25.7. The SMILES string of the molecule is Cc1ccc([C@H](N=Cc2ccc(Cl)cc2)[C@@H](CC(=O)OC(C)(C)C)c2ccccc2)cc1. The van der Waals surface area contributed by atoms with Crippen molar-refractivity contribution in [3.63, 3.8) is 0 Å². The number of benzene rings is 3. The first kappa shape index (κ1) is 23.7. The topological polar surface area (TPSA) is 38.7 Å². The minimum atomic E-state index is -0.537. The highest BCUT2D eigenvalue weighted by atomic mass is 35.5. The lowest BCUT2D eigenvalue weighted by Crippen LogP contribution is -2.26. The van der Waals surface area contributed by atoms with Gasteiger partial charge in [0.05, 0.1) is 12.5 Å². The summed E-state index contributed by atoms with van der Waals surface area (Å²) < 4.78 is 5.67. The molecule has 0 heterocycles. The van der Waals surface area contributed by atoms with Crippen molar-refractivity contribution in [3.05, 3.63) is 106 Å². The molecule has 0 unspecified atom stereocenters. The Kier molecular flexibility index (Phi) is 7.87. The number of ether oxygens (including phenoxy) is 1. The van der Waals surface area contributed by atoms with E-state index in [2.05, 4.69) is 31.2 Å². The molecule has 3 aromatic carbocycles. The van der Waals surface area contributed by atoms with Crippen LogP contribution in [-0.4, -0.2) is 17.8 Å². The largest absolute Gasteiger partial charge is 0.460 e. The highest BCUT2D eigenvalue weighted by Gasteiger charge is 2.29. The molecular formula is C28H30ClNO2. The Morgan fingerprint density at radius 2 is 1.56 bits per heavy atom. The molecule has 4 heteroatoms. The first-order valence-corrected chi connectivity index (χ1v) is 11.2. The minimum Gasteiger partial charge on any atom is -0.460 e. The second-order valence-electron chi connectivity index (χ2n) is 8.99. The van der Waals surface area contributed by atoms with Gasteiger partial charge >= 0.3 is 5.97 Å². The lowest BCUT2D eigenvalue weighted by Gasteiger charge is -2.27. The monoisotopic (exact) mass is 447 g/mol. The first-order chi connectivity index (χ1) is 15.2. The van der Waals surface area contributed by atoms with E-state index < -0.39 is 5.60 Å². The Morgan fingerprint density at radius 3 is 2.16 bits per heavy atom. The fraction of sp³-hybridized carbons (Fsp3) is 0.286. The zero-order chi connectivity index (χ0) is 23.1. The number of hydrogen-bond donors (Lipinski definition) is 0. The van der Waals surface area contributed by atoms with E-state index in [0.717, 1.165) is 16.7 Å². The summed E-state index contributed by atoms with van der Waals surface area (Å²) >= 11 is 6.03. The van der Waals surface area contributed by atoms with Gasteiger partial charge in [-0.2, -0.15) is 0 Å². The Hall–Kier alpha value is -2.91. The molecule has 0 aromatic heterocycles. The molecule has 0 aliphatic carbocycles. The van der Waals surface area contributed by atoms with Gasteiger partial charge in [0, 0.05) is 17.2 Å². The molecule has 166 valence electrons.